The van der Waals surface area contributed by atoms with Crippen LogP contribution in [0.2, 0.25) is 0 Å². The van der Waals surface area contributed by atoms with Gasteiger partial charge in [-0.05, 0) is 61.7 Å². The van der Waals surface area contributed by atoms with Gasteiger partial charge >= 0.3 is 11.8 Å². The third-order valence-electron chi connectivity index (χ3n) is 5.20. The fourth-order valence-electron chi connectivity index (χ4n) is 3.51. The summed E-state index contributed by atoms with van der Waals surface area (Å²) in [6.07, 6.45) is 3.43. The lowest BCUT2D eigenvalue weighted by Gasteiger charge is -2.35. The van der Waals surface area contributed by atoms with Crippen molar-refractivity contribution in [1.82, 2.24) is 15.5 Å². The maximum atomic E-state index is 12.8. The van der Waals surface area contributed by atoms with E-state index in [0.29, 0.717) is 12.5 Å². The van der Waals surface area contributed by atoms with Gasteiger partial charge in [0.2, 0.25) is 0 Å². The number of piperidine rings is 1. The van der Waals surface area contributed by atoms with E-state index in [-0.39, 0.29) is 12.4 Å². The lowest BCUT2D eigenvalue weighted by molar-refractivity contribution is -0.139. The van der Waals surface area contributed by atoms with E-state index >= 15 is 0 Å². The molecule has 0 saturated carbocycles. The van der Waals surface area contributed by atoms with Crippen LogP contribution in [-0.4, -0.2) is 53.9 Å². The van der Waals surface area contributed by atoms with Crippen molar-refractivity contribution in [2.75, 3.05) is 31.1 Å². The molecular weight excluding hydrogens is 353 g/mol. The molecule has 2 N–H and O–H groups in total. The Morgan fingerprint density at radius 3 is 2.42 bits per heavy atom. The number of hydrogen-bond donors (Lipinski definition) is 2. The number of likely N-dealkylation sites (tertiary alicyclic amines) is 1. The van der Waals surface area contributed by atoms with Gasteiger partial charge in [0, 0.05) is 24.9 Å². The first-order valence-electron chi connectivity index (χ1n) is 9.24. The third-order valence-corrected chi connectivity index (χ3v) is 6.34. The van der Waals surface area contributed by atoms with Crippen molar-refractivity contribution in [2.45, 2.75) is 31.8 Å². The van der Waals surface area contributed by atoms with E-state index in [1.165, 1.54) is 30.1 Å². The molecule has 2 aliphatic rings. The van der Waals surface area contributed by atoms with Gasteiger partial charge in [0.05, 0.1) is 0 Å². The number of nitrogens with one attached hydrogen (secondary N) is 2. The fraction of sp³-hybridized carbons (Fsp3) is 0.579. The summed E-state index contributed by atoms with van der Waals surface area (Å²) in [6.45, 7) is 2.94. The van der Waals surface area contributed by atoms with Crippen molar-refractivity contribution in [2.24, 2.45) is 5.92 Å². The standard InChI is InChI=1S/C19H26FN3O2S/c20-16-3-1-14(2-4-16)11-21-18(24)19(25)22-12-15-5-8-23(9-6-15)17-7-10-26-13-17/h1-4,15,17H,5-13H2,(H,21,24)(H,22,25). The van der Waals surface area contributed by atoms with Crippen molar-refractivity contribution in [3.05, 3.63) is 35.6 Å². The van der Waals surface area contributed by atoms with Crippen LogP contribution in [0.5, 0.6) is 0 Å². The number of carbonyl (C=O) groups excluding carboxylic acids is 2. The molecule has 26 heavy (non-hydrogen) atoms. The van der Waals surface area contributed by atoms with Crippen LogP contribution in [0.3, 0.4) is 0 Å². The lowest BCUT2D eigenvalue weighted by Crippen LogP contribution is -2.45. The smallest absolute Gasteiger partial charge is 0.309 e. The summed E-state index contributed by atoms with van der Waals surface area (Å²) in [5.74, 6) is 1.39. The summed E-state index contributed by atoms with van der Waals surface area (Å²) in [7, 11) is 0. The van der Waals surface area contributed by atoms with Gasteiger partial charge < -0.3 is 10.6 Å². The quantitative estimate of drug-likeness (QED) is 0.766. The zero-order chi connectivity index (χ0) is 18.4. The predicted octanol–water partition coefficient (Wildman–Crippen LogP) is 1.78. The first-order valence-corrected chi connectivity index (χ1v) is 10.4. The molecule has 2 fully saturated rings. The van der Waals surface area contributed by atoms with E-state index in [1.807, 2.05) is 11.8 Å². The van der Waals surface area contributed by atoms with Crippen molar-refractivity contribution in [3.63, 3.8) is 0 Å². The highest BCUT2D eigenvalue weighted by molar-refractivity contribution is 7.99. The Balaban J connectivity index is 1.33. The molecule has 0 spiro atoms. The predicted molar refractivity (Wildman–Crippen MR) is 101 cm³/mol. The average Bonchev–Trinajstić information content (AvgIpc) is 3.20. The van der Waals surface area contributed by atoms with Crippen LogP contribution >= 0.6 is 11.8 Å². The molecule has 0 aromatic heterocycles. The maximum Gasteiger partial charge on any atom is 0.309 e. The number of amides is 2. The number of halogens is 1. The second kappa shape index (κ2) is 9.37. The zero-order valence-electron chi connectivity index (χ0n) is 14.9. The average molecular weight is 380 g/mol. The molecule has 3 rings (SSSR count). The zero-order valence-corrected chi connectivity index (χ0v) is 15.7. The molecule has 0 radical (unpaired) electrons. The third kappa shape index (κ3) is 5.45. The number of hydrogen-bond acceptors (Lipinski definition) is 4. The molecule has 1 aromatic carbocycles. The molecule has 1 aromatic rings. The van der Waals surface area contributed by atoms with Gasteiger partial charge in [0.15, 0.2) is 0 Å². The first kappa shape index (κ1) is 19.2. The van der Waals surface area contributed by atoms with Gasteiger partial charge in [-0.3, -0.25) is 14.5 Å². The Morgan fingerprint density at radius 2 is 1.77 bits per heavy atom. The summed E-state index contributed by atoms with van der Waals surface area (Å²) in [5, 5.41) is 5.31. The summed E-state index contributed by atoms with van der Waals surface area (Å²) >= 11 is 2.04. The number of benzene rings is 1. The van der Waals surface area contributed by atoms with Gasteiger partial charge in [-0.15, -0.1) is 0 Å². The SMILES string of the molecule is O=C(NCc1ccc(F)cc1)C(=O)NCC1CCN(C2CCSC2)CC1. The minimum Gasteiger partial charge on any atom is -0.348 e. The van der Waals surface area contributed by atoms with Crippen LogP contribution in [0.25, 0.3) is 0 Å². The van der Waals surface area contributed by atoms with Crippen molar-refractivity contribution >= 4 is 23.6 Å². The lowest BCUT2D eigenvalue weighted by atomic mass is 9.95. The van der Waals surface area contributed by atoms with Gasteiger partial charge in [0.25, 0.3) is 0 Å². The number of nitrogens with zero attached hydrogens (tertiary/aromatic N) is 1. The van der Waals surface area contributed by atoms with Gasteiger partial charge in [-0.1, -0.05) is 12.1 Å². The van der Waals surface area contributed by atoms with E-state index in [2.05, 4.69) is 15.5 Å². The molecule has 5 nitrogen and oxygen atoms in total. The molecule has 0 bridgehead atoms. The Kier molecular flexibility index (Phi) is 6.91. The molecular formula is C19H26FN3O2S. The second-order valence-corrected chi connectivity index (χ2v) is 8.17. The van der Waals surface area contributed by atoms with E-state index in [9.17, 15) is 14.0 Å². The monoisotopic (exact) mass is 379 g/mol. The van der Waals surface area contributed by atoms with E-state index in [1.54, 1.807) is 12.1 Å². The van der Waals surface area contributed by atoms with Crippen molar-refractivity contribution < 1.29 is 14.0 Å². The summed E-state index contributed by atoms with van der Waals surface area (Å²) in [4.78, 5) is 26.4. The molecule has 2 amide bonds. The van der Waals surface area contributed by atoms with Gasteiger partial charge in [0.1, 0.15) is 5.82 Å². The van der Waals surface area contributed by atoms with Crippen molar-refractivity contribution in [3.8, 4) is 0 Å². The van der Waals surface area contributed by atoms with Crippen LogP contribution in [0, 0.1) is 11.7 Å². The molecule has 2 heterocycles. The summed E-state index contributed by atoms with van der Waals surface area (Å²) in [6, 6.07) is 6.57. The van der Waals surface area contributed by atoms with Crippen LogP contribution in [-0.2, 0) is 16.1 Å². The molecule has 1 unspecified atom stereocenters. The Bertz CT molecular complexity index is 612. The second-order valence-electron chi connectivity index (χ2n) is 7.02. The minimum absolute atomic E-state index is 0.213. The molecule has 7 heteroatoms. The van der Waals surface area contributed by atoms with E-state index < -0.39 is 11.8 Å². The Hall–Kier alpha value is -1.60. The molecule has 1 atom stereocenters. The Morgan fingerprint density at radius 1 is 1.08 bits per heavy atom. The van der Waals surface area contributed by atoms with Gasteiger partial charge in [-0.2, -0.15) is 11.8 Å². The van der Waals surface area contributed by atoms with Crippen LogP contribution in [0.4, 0.5) is 4.39 Å². The molecule has 2 aliphatic heterocycles. The molecule has 0 aliphatic carbocycles. The number of rotatable bonds is 5. The fourth-order valence-corrected chi connectivity index (χ4v) is 4.77. The molecule has 142 valence electrons. The van der Waals surface area contributed by atoms with Gasteiger partial charge in [-0.25, -0.2) is 4.39 Å². The largest absolute Gasteiger partial charge is 0.348 e. The minimum atomic E-state index is -0.644. The topological polar surface area (TPSA) is 61.4 Å². The Labute approximate surface area is 158 Å². The number of carbonyl (C=O) groups is 2. The normalized spacial score (nSPS) is 21.5. The van der Waals surface area contributed by atoms with Crippen LogP contribution in [0.1, 0.15) is 24.8 Å². The maximum absolute atomic E-state index is 12.8. The first-order chi connectivity index (χ1) is 12.6. The highest BCUT2D eigenvalue weighted by atomic mass is 32.2. The summed E-state index contributed by atoms with van der Waals surface area (Å²) < 4.78 is 12.8. The molecule has 2 saturated heterocycles. The van der Waals surface area contributed by atoms with Crippen LogP contribution < -0.4 is 10.6 Å². The highest BCUT2D eigenvalue weighted by Gasteiger charge is 2.27. The van der Waals surface area contributed by atoms with Crippen LogP contribution in [0.15, 0.2) is 24.3 Å². The van der Waals surface area contributed by atoms with E-state index in [0.717, 1.165) is 37.5 Å². The number of thioether (sulfide) groups is 1. The van der Waals surface area contributed by atoms with Crippen molar-refractivity contribution in [1.29, 1.82) is 0 Å². The van der Waals surface area contributed by atoms with E-state index in [4.69, 9.17) is 0 Å². The highest BCUT2D eigenvalue weighted by Crippen LogP contribution is 2.26. The summed E-state index contributed by atoms with van der Waals surface area (Å²) in [5.41, 5.74) is 0.755.